The van der Waals surface area contributed by atoms with Crippen molar-refractivity contribution < 1.29 is 4.79 Å². The Morgan fingerprint density at radius 1 is 1.22 bits per heavy atom. The fourth-order valence-electron chi connectivity index (χ4n) is 1.86. The predicted octanol–water partition coefficient (Wildman–Crippen LogP) is 3.72. The van der Waals surface area contributed by atoms with Crippen molar-refractivity contribution in [2.45, 2.75) is 25.8 Å². The van der Waals surface area contributed by atoms with Gasteiger partial charge in [0, 0.05) is 17.3 Å². The van der Waals surface area contributed by atoms with Crippen molar-refractivity contribution in [1.82, 2.24) is 0 Å². The molecule has 18 heavy (non-hydrogen) atoms. The lowest BCUT2D eigenvalue weighted by molar-refractivity contribution is 0.0981. The van der Waals surface area contributed by atoms with Gasteiger partial charge in [0.1, 0.15) is 0 Å². The number of hydrogen-bond acceptors (Lipinski definition) is 3. The molecule has 0 spiro atoms. The topological polar surface area (TPSA) is 43.1 Å². The highest BCUT2D eigenvalue weighted by molar-refractivity contribution is 7.14. The molecule has 1 aromatic heterocycles. The first-order chi connectivity index (χ1) is 8.66. The molecule has 2 aromatic rings. The van der Waals surface area contributed by atoms with E-state index >= 15 is 0 Å². The summed E-state index contributed by atoms with van der Waals surface area (Å²) in [6.45, 7) is 2.01. The molecule has 2 nitrogen and oxygen atoms in total. The Hall–Kier alpha value is -1.45. The second-order valence-corrected chi connectivity index (χ2v) is 5.68. The third kappa shape index (κ3) is 3.28. The summed E-state index contributed by atoms with van der Waals surface area (Å²) in [6, 6.07) is 13.7. The molecule has 0 amide bonds. The molecule has 0 aliphatic carbocycles. The average Bonchev–Trinajstić information content (AvgIpc) is 2.83. The van der Waals surface area contributed by atoms with E-state index in [1.807, 2.05) is 49.4 Å². The molecule has 3 heteroatoms. The Labute approximate surface area is 111 Å². The Morgan fingerprint density at radius 2 is 1.94 bits per heavy atom. The summed E-state index contributed by atoms with van der Waals surface area (Å²) in [5, 5.41) is 0. The maximum absolute atomic E-state index is 11.9. The molecule has 0 saturated carbocycles. The number of hydrogen-bond donors (Lipinski definition) is 1. The van der Waals surface area contributed by atoms with Crippen LogP contribution in [0.3, 0.4) is 0 Å². The maximum atomic E-state index is 11.9. The predicted molar refractivity (Wildman–Crippen MR) is 76.0 cm³/mol. The molecule has 1 aromatic carbocycles. The van der Waals surface area contributed by atoms with Crippen molar-refractivity contribution >= 4 is 17.1 Å². The van der Waals surface area contributed by atoms with Gasteiger partial charge < -0.3 is 5.73 Å². The first-order valence-electron chi connectivity index (χ1n) is 6.07. The molecular formula is C15H17NOS. The summed E-state index contributed by atoms with van der Waals surface area (Å²) in [5.74, 6) is 0.194. The van der Waals surface area contributed by atoms with Crippen molar-refractivity contribution in [3.05, 3.63) is 57.8 Å². The molecule has 94 valence electrons. The molecule has 0 fully saturated rings. The fourth-order valence-corrected chi connectivity index (χ4v) is 2.70. The van der Waals surface area contributed by atoms with Crippen LogP contribution < -0.4 is 5.73 Å². The van der Waals surface area contributed by atoms with Crippen LogP contribution in [-0.4, -0.2) is 5.78 Å². The first kappa shape index (κ1) is 13.0. The van der Waals surface area contributed by atoms with Crippen LogP contribution in [0, 0.1) is 6.92 Å². The zero-order valence-electron chi connectivity index (χ0n) is 10.4. The number of carbonyl (C=O) groups is 1. The van der Waals surface area contributed by atoms with Gasteiger partial charge in [0.05, 0.1) is 4.88 Å². The van der Waals surface area contributed by atoms with E-state index in [1.165, 1.54) is 4.88 Å². The van der Waals surface area contributed by atoms with Gasteiger partial charge in [0.2, 0.25) is 0 Å². The SMILES string of the molecule is Cc1ccc(C(=O)CCC(N)c2ccccc2)s1. The van der Waals surface area contributed by atoms with Crippen LogP contribution in [0.25, 0.3) is 0 Å². The molecular weight excluding hydrogens is 242 g/mol. The minimum absolute atomic E-state index is 0.0591. The van der Waals surface area contributed by atoms with Gasteiger partial charge in [-0.05, 0) is 31.0 Å². The van der Waals surface area contributed by atoms with Crippen molar-refractivity contribution in [2.24, 2.45) is 5.73 Å². The third-order valence-electron chi connectivity index (χ3n) is 2.93. The minimum atomic E-state index is -0.0591. The maximum Gasteiger partial charge on any atom is 0.172 e. The molecule has 1 unspecified atom stereocenters. The van der Waals surface area contributed by atoms with Crippen LogP contribution >= 0.6 is 11.3 Å². The van der Waals surface area contributed by atoms with E-state index in [1.54, 1.807) is 11.3 Å². The summed E-state index contributed by atoms with van der Waals surface area (Å²) in [5.41, 5.74) is 7.17. The quantitative estimate of drug-likeness (QED) is 0.832. The van der Waals surface area contributed by atoms with E-state index < -0.39 is 0 Å². The lowest BCUT2D eigenvalue weighted by Crippen LogP contribution is -2.12. The molecule has 1 heterocycles. The van der Waals surface area contributed by atoms with Gasteiger partial charge in [0.25, 0.3) is 0 Å². The van der Waals surface area contributed by atoms with Crippen LogP contribution in [-0.2, 0) is 0 Å². The van der Waals surface area contributed by atoms with Gasteiger partial charge in [-0.25, -0.2) is 0 Å². The van der Waals surface area contributed by atoms with Gasteiger partial charge in [-0.2, -0.15) is 0 Å². The van der Waals surface area contributed by atoms with Crippen LogP contribution in [0.2, 0.25) is 0 Å². The normalized spacial score (nSPS) is 12.3. The highest BCUT2D eigenvalue weighted by Crippen LogP contribution is 2.20. The lowest BCUT2D eigenvalue weighted by atomic mass is 10.0. The van der Waals surface area contributed by atoms with Crippen LogP contribution in [0.15, 0.2) is 42.5 Å². The fraction of sp³-hybridized carbons (Fsp3) is 0.267. The summed E-state index contributed by atoms with van der Waals surface area (Å²) in [7, 11) is 0. The van der Waals surface area contributed by atoms with Gasteiger partial charge in [0.15, 0.2) is 5.78 Å². The summed E-state index contributed by atoms with van der Waals surface area (Å²) in [4.78, 5) is 14.0. The first-order valence-corrected chi connectivity index (χ1v) is 6.88. The summed E-state index contributed by atoms with van der Waals surface area (Å²) in [6.07, 6.45) is 1.20. The zero-order valence-corrected chi connectivity index (χ0v) is 11.2. The van der Waals surface area contributed by atoms with Crippen molar-refractivity contribution in [3.63, 3.8) is 0 Å². The number of rotatable bonds is 5. The number of carbonyl (C=O) groups excluding carboxylic acids is 1. The summed E-state index contributed by atoms with van der Waals surface area (Å²) < 4.78 is 0. The molecule has 0 aliphatic heterocycles. The van der Waals surface area contributed by atoms with Gasteiger partial charge >= 0.3 is 0 Å². The number of Topliss-reactive ketones (excluding diaryl/α,β-unsaturated/α-hetero) is 1. The van der Waals surface area contributed by atoms with Crippen LogP contribution in [0.5, 0.6) is 0 Å². The lowest BCUT2D eigenvalue weighted by Gasteiger charge is -2.10. The molecule has 0 bridgehead atoms. The zero-order chi connectivity index (χ0) is 13.0. The van der Waals surface area contributed by atoms with E-state index in [2.05, 4.69) is 0 Å². The molecule has 0 aliphatic rings. The molecule has 2 N–H and O–H groups in total. The Balaban J connectivity index is 1.90. The Kier molecular flexibility index (Phi) is 4.28. The van der Waals surface area contributed by atoms with E-state index in [0.717, 1.165) is 10.4 Å². The second-order valence-electron chi connectivity index (χ2n) is 4.39. The van der Waals surface area contributed by atoms with Gasteiger partial charge in [-0.3, -0.25) is 4.79 Å². The van der Waals surface area contributed by atoms with E-state index in [4.69, 9.17) is 5.73 Å². The Morgan fingerprint density at radius 3 is 2.56 bits per heavy atom. The van der Waals surface area contributed by atoms with Gasteiger partial charge in [-0.15, -0.1) is 11.3 Å². The number of benzene rings is 1. The number of ketones is 1. The van der Waals surface area contributed by atoms with Crippen molar-refractivity contribution in [3.8, 4) is 0 Å². The second kappa shape index (κ2) is 5.94. The monoisotopic (exact) mass is 259 g/mol. The van der Waals surface area contributed by atoms with Crippen molar-refractivity contribution in [2.75, 3.05) is 0 Å². The number of aryl methyl sites for hydroxylation is 1. The minimum Gasteiger partial charge on any atom is -0.324 e. The van der Waals surface area contributed by atoms with E-state index in [0.29, 0.717) is 12.8 Å². The average molecular weight is 259 g/mol. The highest BCUT2D eigenvalue weighted by Gasteiger charge is 2.11. The molecule has 0 saturated heterocycles. The molecule has 2 rings (SSSR count). The molecule has 1 atom stereocenters. The van der Waals surface area contributed by atoms with E-state index in [9.17, 15) is 4.79 Å². The summed E-state index contributed by atoms with van der Waals surface area (Å²) >= 11 is 1.55. The standard InChI is InChI=1S/C15H17NOS/c1-11-7-10-15(18-11)14(17)9-8-13(16)12-5-3-2-4-6-12/h2-7,10,13H,8-9,16H2,1H3. The largest absolute Gasteiger partial charge is 0.324 e. The number of thiophene rings is 1. The smallest absolute Gasteiger partial charge is 0.172 e. The van der Waals surface area contributed by atoms with Crippen LogP contribution in [0.1, 0.15) is 39.0 Å². The van der Waals surface area contributed by atoms with Gasteiger partial charge in [-0.1, -0.05) is 30.3 Å². The van der Waals surface area contributed by atoms with Crippen molar-refractivity contribution in [1.29, 1.82) is 0 Å². The Bertz CT molecular complexity index is 518. The third-order valence-corrected chi connectivity index (χ3v) is 3.97. The van der Waals surface area contributed by atoms with Crippen LogP contribution in [0.4, 0.5) is 0 Å². The molecule has 0 radical (unpaired) electrons. The van der Waals surface area contributed by atoms with E-state index in [-0.39, 0.29) is 11.8 Å². The highest BCUT2D eigenvalue weighted by atomic mass is 32.1. The number of nitrogens with two attached hydrogens (primary N) is 1.